The van der Waals surface area contributed by atoms with Crippen molar-refractivity contribution in [2.24, 2.45) is 5.73 Å². The van der Waals surface area contributed by atoms with E-state index in [1.54, 1.807) is 0 Å². The van der Waals surface area contributed by atoms with Gasteiger partial charge >= 0.3 is 7.82 Å². The van der Waals surface area contributed by atoms with Crippen LogP contribution in [0.4, 0.5) is 5.82 Å². The molecule has 5 heterocycles. The predicted molar refractivity (Wildman–Crippen MR) is 137 cm³/mol. The van der Waals surface area contributed by atoms with Crippen molar-refractivity contribution < 1.29 is 72.9 Å². The highest BCUT2D eigenvalue weighted by Crippen LogP contribution is 2.58. The number of hydrogen-bond donors (Lipinski definition) is 7. The first-order chi connectivity index (χ1) is 21.1. The Bertz CT molecular complexity index is 1680. The SMILES string of the molecule is [2H]c1cc[n+]([C@@H]2O[C@H](COP(=O)([O-])OP(=O)(O)OC[C@H]3O[C@@H](n4cnc5c(N)ncnc54)[C@H](O)[C@@H]3O)[C@@H](O)[C@H]2O)cc1C(N)=O. The highest BCUT2D eigenvalue weighted by atomic mass is 31.3. The molecule has 2 saturated heterocycles. The van der Waals surface area contributed by atoms with Gasteiger partial charge in [-0.2, -0.15) is 4.57 Å². The number of ether oxygens (including phenoxy) is 2. The van der Waals surface area contributed by atoms with Gasteiger partial charge in [0.1, 0.15) is 47.9 Å². The molecule has 23 heteroatoms. The Balaban J connectivity index is 1.16. The van der Waals surface area contributed by atoms with E-state index in [4.69, 9.17) is 22.3 Å². The van der Waals surface area contributed by atoms with Crippen LogP contribution in [0.1, 0.15) is 24.2 Å². The quantitative estimate of drug-likeness (QED) is 0.0767. The molecular weight excluding hydrogens is 636 g/mol. The van der Waals surface area contributed by atoms with Crippen molar-refractivity contribution in [3.63, 3.8) is 0 Å². The van der Waals surface area contributed by atoms with Crippen LogP contribution in [0.15, 0.2) is 37.2 Å². The summed E-state index contributed by atoms with van der Waals surface area (Å²) in [7, 11) is -11.1. The Morgan fingerprint density at radius 2 is 1.77 bits per heavy atom. The van der Waals surface area contributed by atoms with Crippen molar-refractivity contribution in [2.45, 2.75) is 49.1 Å². The standard InChI is InChI=1S/C21H27N7O14P2/c22-17-12-19(25-7-24-17)28(8-26-12)21-16(32)14(30)11(41-21)6-39-44(36,37)42-43(34,35)38-5-10-13(29)15(31)20(40-10)27-3-1-2-9(4-27)18(23)33/h1-4,7-8,10-11,13-16,20-21,29-32H,5-6H2,(H5-,22,23,24,25,33,34,35,36,37)/t10-,11-,13-,14-,15-,16-,20-,21-/m1/s1/i2D. The Morgan fingerprint density at radius 3 is 2.50 bits per heavy atom. The molecule has 2 fully saturated rings. The van der Waals surface area contributed by atoms with E-state index in [9.17, 15) is 44.1 Å². The van der Waals surface area contributed by atoms with Crippen LogP contribution in [0.5, 0.6) is 0 Å². The lowest BCUT2D eigenvalue weighted by Crippen LogP contribution is -2.46. The third kappa shape index (κ3) is 6.65. The van der Waals surface area contributed by atoms with Crippen molar-refractivity contribution in [1.82, 2.24) is 19.5 Å². The zero-order valence-corrected chi connectivity index (χ0v) is 23.9. The number of rotatable bonds is 11. The van der Waals surface area contributed by atoms with Gasteiger partial charge in [0.15, 0.2) is 36.2 Å². The molecule has 2 aliphatic rings. The molecule has 0 aromatic carbocycles. The summed E-state index contributed by atoms with van der Waals surface area (Å²) in [5, 5.41) is 41.6. The number of phosphoric ester groups is 2. The van der Waals surface area contributed by atoms with E-state index < -0.39 is 83.8 Å². The zero-order valence-electron chi connectivity index (χ0n) is 23.1. The number of aliphatic hydroxyl groups is 4. The lowest BCUT2D eigenvalue weighted by Gasteiger charge is -2.26. The maximum atomic E-state index is 12.4. The minimum atomic E-state index is -5.65. The summed E-state index contributed by atoms with van der Waals surface area (Å²) in [4.78, 5) is 45.6. The van der Waals surface area contributed by atoms with Gasteiger partial charge in [0.05, 0.1) is 20.9 Å². The molecule has 5 rings (SSSR count). The van der Waals surface area contributed by atoms with Gasteiger partial charge in [-0.25, -0.2) is 23.8 Å². The number of pyridine rings is 1. The second-order valence-corrected chi connectivity index (χ2v) is 12.6. The highest BCUT2D eigenvalue weighted by Gasteiger charge is 2.49. The fraction of sp³-hybridized carbons (Fsp3) is 0.476. The maximum absolute atomic E-state index is 12.4. The molecular formula is C21H27N7O14P2. The highest BCUT2D eigenvalue weighted by molar-refractivity contribution is 7.60. The number of imidazole rings is 1. The summed E-state index contributed by atoms with van der Waals surface area (Å²) in [6.07, 6.45) is -7.67. The van der Waals surface area contributed by atoms with E-state index >= 15 is 0 Å². The summed E-state index contributed by atoms with van der Waals surface area (Å²) < 4.78 is 59.1. The fourth-order valence-corrected chi connectivity index (χ4v) is 6.56. The molecule has 240 valence electrons. The average Bonchev–Trinajstić information content (AvgIpc) is 3.61. The van der Waals surface area contributed by atoms with E-state index in [-0.39, 0.29) is 28.6 Å². The van der Waals surface area contributed by atoms with Crippen molar-refractivity contribution in [1.29, 1.82) is 0 Å². The number of amides is 1. The molecule has 0 saturated carbocycles. The van der Waals surface area contributed by atoms with E-state index in [2.05, 4.69) is 28.3 Å². The van der Waals surface area contributed by atoms with Gasteiger partial charge in [0.25, 0.3) is 20.0 Å². The Labute approximate surface area is 247 Å². The predicted octanol–water partition coefficient (Wildman–Crippen LogP) is -3.65. The zero-order chi connectivity index (χ0) is 32.8. The van der Waals surface area contributed by atoms with Crippen LogP contribution < -0.4 is 20.9 Å². The number of carbonyl (C=O) groups is 1. The summed E-state index contributed by atoms with van der Waals surface area (Å²) in [5.74, 6) is -0.906. The lowest BCUT2D eigenvalue weighted by molar-refractivity contribution is -0.765. The van der Waals surface area contributed by atoms with Crippen LogP contribution in [0, 0.1) is 0 Å². The number of fused-ring (bicyclic) bond motifs is 1. The molecule has 3 aromatic rings. The fourth-order valence-electron chi connectivity index (χ4n) is 4.51. The molecule has 0 radical (unpaired) electrons. The number of nitrogens with zero attached hydrogens (tertiary/aromatic N) is 5. The van der Waals surface area contributed by atoms with Gasteiger partial charge in [-0.1, -0.05) is 0 Å². The number of nitrogen functional groups attached to an aromatic ring is 1. The molecule has 2 aliphatic heterocycles. The molecule has 0 spiro atoms. The first kappa shape index (κ1) is 31.0. The molecule has 21 nitrogen and oxygen atoms in total. The molecule has 9 N–H and O–H groups in total. The number of phosphoric acid groups is 2. The van der Waals surface area contributed by atoms with Gasteiger partial charge in [-0.05, 0) is 6.04 Å². The smallest absolute Gasteiger partial charge is 0.478 e. The Morgan fingerprint density at radius 1 is 1.09 bits per heavy atom. The third-order valence-electron chi connectivity index (χ3n) is 6.66. The molecule has 2 unspecified atom stereocenters. The van der Waals surface area contributed by atoms with Gasteiger partial charge in [-0.15, -0.1) is 0 Å². The van der Waals surface area contributed by atoms with E-state index in [0.29, 0.717) is 0 Å². The van der Waals surface area contributed by atoms with E-state index in [1.807, 2.05) is 0 Å². The van der Waals surface area contributed by atoms with Gasteiger partial charge < -0.3 is 55.7 Å². The summed E-state index contributed by atoms with van der Waals surface area (Å²) >= 11 is 0. The first-order valence-electron chi connectivity index (χ1n) is 13.0. The lowest BCUT2D eigenvalue weighted by atomic mass is 10.1. The van der Waals surface area contributed by atoms with Gasteiger partial charge in [0.2, 0.25) is 0 Å². The van der Waals surface area contributed by atoms with Crippen molar-refractivity contribution >= 4 is 38.5 Å². The summed E-state index contributed by atoms with van der Waals surface area (Å²) in [6.45, 7) is -1.94. The average molecular weight is 664 g/mol. The third-order valence-corrected chi connectivity index (χ3v) is 9.23. The second-order valence-electron chi connectivity index (χ2n) is 9.58. The minimum absolute atomic E-state index is 0.0385. The maximum Gasteiger partial charge on any atom is 0.478 e. The summed E-state index contributed by atoms with van der Waals surface area (Å²) in [6, 6.07) is 0.955. The molecule has 3 aromatic heterocycles. The number of aromatic nitrogens is 5. The number of nitrogens with two attached hydrogens (primary N) is 2. The van der Waals surface area contributed by atoms with Crippen LogP contribution in [0.3, 0.4) is 0 Å². The largest absolute Gasteiger partial charge is 0.756 e. The van der Waals surface area contributed by atoms with Crippen LogP contribution in [0.2, 0.25) is 0 Å². The van der Waals surface area contributed by atoms with Gasteiger partial charge in [-0.3, -0.25) is 18.5 Å². The monoisotopic (exact) mass is 664 g/mol. The van der Waals surface area contributed by atoms with Crippen molar-refractivity contribution in [3.8, 4) is 0 Å². The molecule has 0 bridgehead atoms. The number of hydrogen-bond acceptors (Lipinski definition) is 17. The number of primary amides is 1. The molecule has 44 heavy (non-hydrogen) atoms. The van der Waals surface area contributed by atoms with Crippen molar-refractivity contribution in [2.75, 3.05) is 18.9 Å². The Hall–Kier alpha value is -3.01. The van der Waals surface area contributed by atoms with Crippen LogP contribution in [-0.4, -0.2) is 101 Å². The van der Waals surface area contributed by atoms with E-state index in [1.165, 1.54) is 23.2 Å². The van der Waals surface area contributed by atoms with Gasteiger partial charge in [0, 0.05) is 6.07 Å². The molecule has 10 atom stereocenters. The van der Waals surface area contributed by atoms with Crippen LogP contribution in [-0.2, 0) is 32.0 Å². The normalized spacial score (nSPS) is 31.9. The molecule has 0 aliphatic carbocycles. The molecule has 1 amide bonds. The Kier molecular flexibility index (Phi) is 8.74. The second kappa shape index (κ2) is 12.4. The number of aliphatic hydroxyl groups excluding tert-OH is 4. The number of anilines is 1. The summed E-state index contributed by atoms with van der Waals surface area (Å²) in [5.41, 5.74) is 11.1. The van der Waals surface area contributed by atoms with Crippen LogP contribution >= 0.6 is 15.6 Å². The minimum Gasteiger partial charge on any atom is -0.756 e. The number of carbonyl (C=O) groups excluding carboxylic acids is 1. The van der Waals surface area contributed by atoms with Crippen LogP contribution in [0.25, 0.3) is 11.2 Å². The van der Waals surface area contributed by atoms with Crippen molar-refractivity contribution in [3.05, 3.63) is 42.7 Å². The first-order valence-corrected chi connectivity index (χ1v) is 15.5. The van der Waals surface area contributed by atoms with E-state index in [0.717, 1.165) is 17.1 Å². The topological polar surface area (TPSA) is 321 Å².